The topological polar surface area (TPSA) is 226 Å². The van der Waals surface area contributed by atoms with Crippen molar-refractivity contribution in [2.24, 2.45) is 0 Å². The number of ether oxygens (including phenoxy) is 1. The van der Waals surface area contributed by atoms with E-state index in [0.717, 1.165) is 17.0 Å². The van der Waals surface area contributed by atoms with Crippen LogP contribution in [0.2, 0.25) is 0 Å². The molecule has 0 radical (unpaired) electrons. The van der Waals surface area contributed by atoms with Crippen LogP contribution in [0.25, 0.3) is 22.2 Å². The van der Waals surface area contributed by atoms with E-state index in [-0.39, 0.29) is 64.5 Å². The third-order valence-corrected chi connectivity index (χ3v) is 11.9. The number of hydrogen-bond acceptors (Lipinski definition) is 10. The minimum absolute atomic E-state index is 0.00820. The average molecular weight is 882 g/mol. The number of fused-ring (bicyclic) bond motifs is 2. The molecule has 5 aromatic rings. The Balaban J connectivity index is 0.882. The number of halogens is 2. The number of benzene rings is 3. The molecule has 0 spiro atoms. The standard InChI is InChI=1S/C44H41F2N7O9S/c1-3-19-63(60,61)52-32-15-14-31(45)37(38(32)46)39(55)30-22-50-40-29(30)20-27(21-49-40)25-10-12-26(13-11-25)41(56)48-18-5-4-17-47-35(54)23-62-34-8-6-7-28-36(34)44(59)53(43(28)58)33-16-9-24(2)51-42(33)57/h6-8,10-15,20-22,33,52H,2-5,9,16-19,23H2,1H3,(H,47,54)(H,48,56)(H,49,50)(H,51,57). The molecule has 19 heteroatoms. The van der Waals surface area contributed by atoms with E-state index in [2.05, 4.69) is 37.2 Å². The molecule has 1 fully saturated rings. The summed E-state index contributed by atoms with van der Waals surface area (Å²) in [6.07, 6.45) is 4.77. The molecule has 2 aliphatic rings. The van der Waals surface area contributed by atoms with Crippen LogP contribution in [0.3, 0.4) is 0 Å². The van der Waals surface area contributed by atoms with Gasteiger partial charge in [0.05, 0.1) is 28.1 Å². The van der Waals surface area contributed by atoms with Gasteiger partial charge in [0.2, 0.25) is 21.7 Å². The average Bonchev–Trinajstić information content (AvgIpc) is 3.79. The lowest BCUT2D eigenvalue weighted by Gasteiger charge is -2.29. The number of nitrogens with zero attached hydrogens (tertiary/aromatic N) is 2. The number of anilines is 1. The third kappa shape index (κ3) is 9.32. The van der Waals surface area contributed by atoms with Crippen LogP contribution >= 0.6 is 0 Å². The number of carbonyl (C=O) groups is 6. The third-order valence-electron chi connectivity index (χ3n) is 10.4. The van der Waals surface area contributed by atoms with Crippen LogP contribution in [0.4, 0.5) is 14.5 Å². The van der Waals surface area contributed by atoms with E-state index in [0.29, 0.717) is 48.2 Å². The minimum atomic E-state index is -3.93. The van der Waals surface area contributed by atoms with Crippen molar-refractivity contribution in [3.8, 4) is 16.9 Å². The molecule has 2 aliphatic heterocycles. The molecule has 1 unspecified atom stereocenters. The van der Waals surface area contributed by atoms with Crippen molar-refractivity contribution < 1.29 is 50.7 Å². The molecule has 5 N–H and O–H groups in total. The van der Waals surface area contributed by atoms with Gasteiger partial charge in [-0.15, -0.1) is 0 Å². The number of aromatic amines is 1. The molecule has 0 saturated carbocycles. The molecular weight excluding hydrogens is 841 g/mol. The fourth-order valence-corrected chi connectivity index (χ4v) is 8.42. The zero-order valence-electron chi connectivity index (χ0n) is 33.8. The van der Waals surface area contributed by atoms with Crippen LogP contribution in [0.1, 0.15) is 86.0 Å². The number of amides is 5. The summed E-state index contributed by atoms with van der Waals surface area (Å²) >= 11 is 0. The first-order valence-corrected chi connectivity index (χ1v) is 21.6. The van der Waals surface area contributed by atoms with Gasteiger partial charge in [0.15, 0.2) is 12.4 Å². The number of carbonyl (C=O) groups excluding carboxylic acids is 6. The van der Waals surface area contributed by atoms with E-state index in [9.17, 15) is 41.6 Å². The van der Waals surface area contributed by atoms with Gasteiger partial charge >= 0.3 is 0 Å². The summed E-state index contributed by atoms with van der Waals surface area (Å²) in [5.74, 6) is -6.37. The van der Waals surface area contributed by atoms with Gasteiger partial charge in [0.25, 0.3) is 23.6 Å². The van der Waals surface area contributed by atoms with Crippen LogP contribution in [-0.2, 0) is 19.6 Å². The number of piperidine rings is 1. The highest BCUT2D eigenvalue weighted by molar-refractivity contribution is 7.92. The predicted molar refractivity (Wildman–Crippen MR) is 226 cm³/mol. The molecule has 3 aromatic carbocycles. The molecule has 63 heavy (non-hydrogen) atoms. The van der Waals surface area contributed by atoms with Crippen molar-refractivity contribution in [2.75, 3.05) is 30.2 Å². The number of nitrogens with one attached hydrogen (secondary N) is 5. The van der Waals surface area contributed by atoms with Crippen molar-refractivity contribution >= 4 is 62.1 Å². The summed E-state index contributed by atoms with van der Waals surface area (Å²) in [6, 6.07) is 13.4. The maximum Gasteiger partial charge on any atom is 0.266 e. The van der Waals surface area contributed by atoms with E-state index < -0.39 is 75.0 Å². The number of aromatic nitrogens is 2. The number of imide groups is 1. The normalized spacial score (nSPS) is 15.0. The molecule has 326 valence electrons. The highest BCUT2D eigenvalue weighted by atomic mass is 32.2. The number of sulfonamides is 1. The van der Waals surface area contributed by atoms with Gasteiger partial charge in [-0.05, 0) is 80.1 Å². The summed E-state index contributed by atoms with van der Waals surface area (Å²) in [5, 5.41) is 8.38. The minimum Gasteiger partial charge on any atom is -0.483 e. The Morgan fingerprint density at radius 2 is 1.71 bits per heavy atom. The summed E-state index contributed by atoms with van der Waals surface area (Å²) in [5.41, 5.74) is 0.819. The number of allylic oxidation sites excluding steroid dienone is 1. The maximum absolute atomic E-state index is 15.5. The zero-order valence-corrected chi connectivity index (χ0v) is 34.6. The molecule has 0 bridgehead atoms. The summed E-state index contributed by atoms with van der Waals surface area (Å²) in [6.45, 7) is 5.51. The van der Waals surface area contributed by atoms with Gasteiger partial charge in [-0.2, -0.15) is 0 Å². The van der Waals surface area contributed by atoms with E-state index in [1.807, 2.05) is 0 Å². The van der Waals surface area contributed by atoms with Crippen molar-refractivity contribution in [1.29, 1.82) is 0 Å². The Labute approximate surface area is 359 Å². The van der Waals surface area contributed by atoms with E-state index in [4.69, 9.17) is 4.74 Å². The van der Waals surface area contributed by atoms with E-state index in [1.165, 1.54) is 30.6 Å². The lowest BCUT2D eigenvalue weighted by atomic mass is 9.99. The van der Waals surface area contributed by atoms with Gasteiger partial charge in [-0.1, -0.05) is 31.7 Å². The van der Waals surface area contributed by atoms with Crippen molar-refractivity contribution in [3.63, 3.8) is 0 Å². The number of ketones is 1. The number of hydrogen-bond donors (Lipinski definition) is 5. The SMILES string of the molecule is C=C1CCC(N2C(=O)c3cccc(OCC(=O)NCCCCNC(=O)c4ccc(-c5cnc6[nH]cc(C(=O)c7c(F)ccc(NS(=O)(=O)CCC)c7F)c6c5)cc4)c3C2=O)C(=O)N1. The number of rotatable bonds is 17. The zero-order chi connectivity index (χ0) is 45.0. The second-order valence-corrected chi connectivity index (χ2v) is 16.7. The molecule has 4 heterocycles. The molecule has 2 aromatic heterocycles. The fourth-order valence-electron chi connectivity index (χ4n) is 7.28. The highest BCUT2D eigenvalue weighted by Crippen LogP contribution is 2.34. The molecule has 1 saturated heterocycles. The Kier molecular flexibility index (Phi) is 12.8. The summed E-state index contributed by atoms with van der Waals surface area (Å²) in [7, 11) is -3.93. The maximum atomic E-state index is 15.5. The second-order valence-electron chi connectivity index (χ2n) is 14.8. The number of unbranched alkanes of at least 4 members (excludes halogenated alkanes) is 1. The van der Waals surface area contributed by atoms with E-state index in [1.54, 1.807) is 37.3 Å². The molecule has 16 nitrogen and oxygen atoms in total. The second kappa shape index (κ2) is 18.4. The Bertz CT molecular complexity index is 2810. The molecule has 5 amide bonds. The van der Waals surface area contributed by atoms with Crippen molar-refractivity contribution in [1.82, 2.24) is 30.8 Å². The quantitative estimate of drug-likeness (QED) is 0.0478. The van der Waals surface area contributed by atoms with Gasteiger partial charge in [-0.3, -0.25) is 38.4 Å². The van der Waals surface area contributed by atoms with E-state index >= 15 is 4.39 Å². The smallest absolute Gasteiger partial charge is 0.266 e. The first-order chi connectivity index (χ1) is 30.2. The van der Waals surface area contributed by atoms with Gasteiger partial charge in [-0.25, -0.2) is 22.2 Å². The van der Waals surface area contributed by atoms with Crippen LogP contribution in [-0.4, -0.2) is 90.1 Å². The van der Waals surface area contributed by atoms with Crippen LogP contribution < -0.4 is 25.4 Å². The number of pyridine rings is 1. The van der Waals surface area contributed by atoms with Crippen molar-refractivity contribution in [2.45, 2.75) is 45.1 Å². The summed E-state index contributed by atoms with van der Waals surface area (Å²) in [4.78, 5) is 86.0. The Morgan fingerprint density at radius 1 is 0.968 bits per heavy atom. The highest BCUT2D eigenvalue weighted by Gasteiger charge is 2.45. The van der Waals surface area contributed by atoms with Gasteiger partial charge in [0, 0.05) is 53.3 Å². The first kappa shape index (κ1) is 43.8. The molecule has 1 atom stereocenters. The molecule has 7 rings (SSSR count). The van der Waals surface area contributed by atoms with Gasteiger partial charge < -0.3 is 25.7 Å². The summed E-state index contributed by atoms with van der Waals surface area (Å²) < 4.78 is 62.6. The predicted octanol–water partition coefficient (Wildman–Crippen LogP) is 4.98. The molecule has 0 aliphatic carbocycles. The van der Waals surface area contributed by atoms with Gasteiger partial charge in [0.1, 0.15) is 23.3 Å². The monoisotopic (exact) mass is 881 g/mol. The van der Waals surface area contributed by atoms with Crippen LogP contribution in [0.5, 0.6) is 5.75 Å². The van der Waals surface area contributed by atoms with Crippen LogP contribution in [0, 0.1) is 11.6 Å². The Hall–Kier alpha value is -7.28. The fraction of sp³-hybridized carbons (Fsp3) is 0.250. The van der Waals surface area contributed by atoms with Crippen molar-refractivity contribution in [3.05, 3.63) is 125 Å². The molecular formula is C44H41F2N7O9S. The lowest BCUT2D eigenvalue weighted by molar-refractivity contribution is -0.125. The Morgan fingerprint density at radius 3 is 2.44 bits per heavy atom. The first-order valence-electron chi connectivity index (χ1n) is 20.0. The number of H-pyrrole nitrogens is 1. The lowest BCUT2D eigenvalue weighted by Crippen LogP contribution is -2.51. The largest absolute Gasteiger partial charge is 0.483 e. The van der Waals surface area contributed by atoms with Crippen LogP contribution in [0.15, 0.2) is 85.3 Å².